The van der Waals surface area contributed by atoms with Crippen molar-refractivity contribution in [3.05, 3.63) is 53.3 Å². The predicted octanol–water partition coefficient (Wildman–Crippen LogP) is 2.49. The first kappa shape index (κ1) is 17.1. The van der Waals surface area contributed by atoms with Crippen LogP contribution in [-0.2, 0) is 6.54 Å². The number of anilines is 1. The summed E-state index contributed by atoms with van der Waals surface area (Å²) in [5.74, 6) is 3.15. The third-order valence-electron chi connectivity index (χ3n) is 5.84. The summed E-state index contributed by atoms with van der Waals surface area (Å²) in [7, 11) is 0. The summed E-state index contributed by atoms with van der Waals surface area (Å²) < 4.78 is 1.94. The SMILES string of the molecule is N#Cc1cccc(CNCC2CN(c3ccc4nnc(C5CCC5)n4n3)C2)c1. The maximum atomic E-state index is 8.99. The van der Waals surface area contributed by atoms with E-state index < -0.39 is 0 Å². The number of nitrogens with one attached hydrogen (secondary N) is 1. The summed E-state index contributed by atoms with van der Waals surface area (Å²) in [5.41, 5.74) is 2.70. The van der Waals surface area contributed by atoms with Gasteiger partial charge in [0.25, 0.3) is 0 Å². The van der Waals surface area contributed by atoms with Crippen LogP contribution in [0.4, 0.5) is 5.82 Å². The van der Waals surface area contributed by atoms with Crippen molar-refractivity contribution in [2.24, 2.45) is 5.92 Å². The van der Waals surface area contributed by atoms with Crippen LogP contribution in [0.25, 0.3) is 5.65 Å². The van der Waals surface area contributed by atoms with E-state index in [1.54, 1.807) is 0 Å². The van der Waals surface area contributed by atoms with Crippen LogP contribution in [0.15, 0.2) is 36.4 Å². The van der Waals surface area contributed by atoms with Crippen molar-refractivity contribution in [3.63, 3.8) is 0 Å². The Bertz CT molecular complexity index is 1020. The number of nitrogens with zero attached hydrogens (tertiary/aromatic N) is 6. The number of rotatable bonds is 6. The lowest BCUT2D eigenvalue weighted by molar-refractivity contribution is 0.378. The molecule has 2 fully saturated rings. The summed E-state index contributed by atoms with van der Waals surface area (Å²) in [4.78, 5) is 2.31. The minimum Gasteiger partial charge on any atom is -0.354 e. The zero-order valence-corrected chi connectivity index (χ0v) is 15.8. The third-order valence-corrected chi connectivity index (χ3v) is 5.84. The van der Waals surface area contributed by atoms with E-state index in [2.05, 4.69) is 32.5 Å². The van der Waals surface area contributed by atoms with Crippen molar-refractivity contribution in [2.75, 3.05) is 24.5 Å². The number of hydrogen-bond donors (Lipinski definition) is 1. The fraction of sp³-hybridized carbons (Fsp3) is 0.429. The Hall–Kier alpha value is -2.98. The smallest absolute Gasteiger partial charge is 0.178 e. The molecule has 7 nitrogen and oxygen atoms in total. The van der Waals surface area contributed by atoms with Gasteiger partial charge in [-0.05, 0) is 42.7 Å². The minimum absolute atomic E-state index is 0.519. The molecule has 28 heavy (non-hydrogen) atoms. The zero-order valence-electron chi connectivity index (χ0n) is 15.8. The first-order valence-electron chi connectivity index (χ1n) is 9.97. The van der Waals surface area contributed by atoms with E-state index in [9.17, 15) is 0 Å². The fourth-order valence-corrected chi connectivity index (χ4v) is 3.94. The first-order chi connectivity index (χ1) is 13.8. The molecule has 0 radical (unpaired) electrons. The molecule has 1 aromatic carbocycles. The topological polar surface area (TPSA) is 82.1 Å². The molecule has 0 amide bonds. The standard InChI is InChI=1S/C21H23N7/c22-10-15-3-1-4-16(9-15)11-23-12-17-13-27(14-17)20-8-7-19-24-25-21(28(19)26-20)18-5-2-6-18/h1,3-4,7-9,17-18,23H,2,5-6,11-14H2. The monoisotopic (exact) mass is 373 g/mol. The van der Waals surface area contributed by atoms with Gasteiger partial charge in [0.2, 0.25) is 0 Å². The third kappa shape index (κ3) is 3.20. The average Bonchev–Trinajstić information content (AvgIpc) is 3.05. The largest absolute Gasteiger partial charge is 0.354 e. The Kier molecular flexibility index (Phi) is 4.41. The lowest BCUT2D eigenvalue weighted by Gasteiger charge is -2.40. The molecule has 3 heterocycles. The second kappa shape index (κ2) is 7.21. The van der Waals surface area contributed by atoms with Gasteiger partial charge in [-0.25, -0.2) is 0 Å². The highest BCUT2D eigenvalue weighted by atomic mass is 15.4. The highest BCUT2D eigenvalue weighted by Crippen LogP contribution is 2.35. The van der Waals surface area contributed by atoms with Gasteiger partial charge in [0.1, 0.15) is 5.82 Å². The van der Waals surface area contributed by atoms with Gasteiger partial charge in [-0.15, -0.1) is 15.3 Å². The van der Waals surface area contributed by atoms with Gasteiger partial charge < -0.3 is 10.2 Å². The molecule has 1 aliphatic heterocycles. The molecule has 2 aliphatic rings. The number of nitriles is 1. The summed E-state index contributed by atoms with van der Waals surface area (Å²) >= 11 is 0. The fourth-order valence-electron chi connectivity index (χ4n) is 3.94. The number of aromatic nitrogens is 4. The van der Waals surface area contributed by atoms with E-state index in [0.717, 1.165) is 49.0 Å². The molecule has 1 saturated carbocycles. The Balaban J connectivity index is 1.16. The zero-order chi connectivity index (χ0) is 18.9. The van der Waals surface area contributed by atoms with Crippen molar-refractivity contribution >= 4 is 11.5 Å². The van der Waals surface area contributed by atoms with Gasteiger partial charge >= 0.3 is 0 Å². The molecule has 0 atom stereocenters. The number of hydrogen-bond acceptors (Lipinski definition) is 6. The lowest BCUT2D eigenvalue weighted by Crippen LogP contribution is -2.51. The number of benzene rings is 1. The molecular weight excluding hydrogens is 350 g/mol. The van der Waals surface area contributed by atoms with E-state index in [1.165, 1.54) is 19.3 Å². The highest BCUT2D eigenvalue weighted by Gasteiger charge is 2.29. The Morgan fingerprint density at radius 2 is 2.04 bits per heavy atom. The summed E-state index contributed by atoms with van der Waals surface area (Å²) in [6.07, 6.45) is 3.67. The molecule has 0 bridgehead atoms. The molecule has 1 N–H and O–H groups in total. The Morgan fingerprint density at radius 1 is 1.14 bits per heavy atom. The van der Waals surface area contributed by atoms with Gasteiger partial charge in [-0.2, -0.15) is 9.78 Å². The van der Waals surface area contributed by atoms with Crippen molar-refractivity contribution in [1.29, 1.82) is 5.26 Å². The molecule has 1 aliphatic carbocycles. The van der Waals surface area contributed by atoms with Gasteiger partial charge in [0.15, 0.2) is 11.5 Å². The molecule has 7 heteroatoms. The highest BCUT2D eigenvalue weighted by molar-refractivity contribution is 5.47. The van der Waals surface area contributed by atoms with Gasteiger partial charge in [0.05, 0.1) is 11.6 Å². The van der Waals surface area contributed by atoms with E-state index in [0.29, 0.717) is 17.4 Å². The normalized spacial score (nSPS) is 17.3. The van der Waals surface area contributed by atoms with Gasteiger partial charge in [0, 0.05) is 38.0 Å². The Morgan fingerprint density at radius 3 is 2.82 bits per heavy atom. The van der Waals surface area contributed by atoms with Crippen LogP contribution in [0.5, 0.6) is 0 Å². The van der Waals surface area contributed by atoms with Gasteiger partial charge in [-0.1, -0.05) is 18.6 Å². The van der Waals surface area contributed by atoms with Crippen LogP contribution < -0.4 is 10.2 Å². The lowest BCUT2D eigenvalue weighted by atomic mass is 9.85. The van der Waals surface area contributed by atoms with Gasteiger partial charge in [-0.3, -0.25) is 0 Å². The van der Waals surface area contributed by atoms with Crippen LogP contribution in [0.1, 0.15) is 42.1 Å². The molecule has 142 valence electrons. The second-order valence-corrected chi connectivity index (χ2v) is 7.86. The summed E-state index contributed by atoms with van der Waals surface area (Å²) in [6, 6.07) is 14.0. The van der Waals surface area contributed by atoms with Crippen LogP contribution in [0, 0.1) is 17.2 Å². The van der Waals surface area contributed by atoms with Crippen LogP contribution >= 0.6 is 0 Å². The molecule has 5 rings (SSSR count). The van der Waals surface area contributed by atoms with E-state index in [4.69, 9.17) is 10.4 Å². The number of fused-ring (bicyclic) bond motifs is 1. The van der Waals surface area contributed by atoms with Crippen LogP contribution in [0.2, 0.25) is 0 Å². The molecule has 2 aromatic heterocycles. The first-order valence-corrected chi connectivity index (χ1v) is 9.97. The van der Waals surface area contributed by atoms with Crippen molar-refractivity contribution < 1.29 is 0 Å². The van der Waals surface area contributed by atoms with E-state index in [1.807, 2.05) is 34.8 Å². The molecular formula is C21H23N7. The van der Waals surface area contributed by atoms with E-state index in [-0.39, 0.29) is 0 Å². The molecule has 3 aromatic rings. The van der Waals surface area contributed by atoms with Crippen molar-refractivity contribution in [3.8, 4) is 6.07 Å². The molecule has 1 saturated heterocycles. The predicted molar refractivity (Wildman–Crippen MR) is 106 cm³/mol. The summed E-state index contributed by atoms with van der Waals surface area (Å²) in [5, 5.41) is 25.9. The van der Waals surface area contributed by atoms with Crippen LogP contribution in [0.3, 0.4) is 0 Å². The van der Waals surface area contributed by atoms with E-state index >= 15 is 0 Å². The second-order valence-electron chi connectivity index (χ2n) is 7.86. The molecule has 0 unspecified atom stereocenters. The maximum Gasteiger partial charge on any atom is 0.178 e. The van der Waals surface area contributed by atoms with Crippen molar-refractivity contribution in [2.45, 2.75) is 31.7 Å². The quantitative estimate of drug-likeness (QED) is 0.715. The summed E-state index contributed by atoms with van der Waals surface area (Å²) in [6.45, 7) is 3.77. The maximum absolute atomic E-state index is 8.99. The minimum atomic E-state index is 0.519. The van der Waals surface area contributed by atoms with Crippen molar-refractivity contribution in [1.82, 2.24) is 25.1 Å². The Labute approximate surface area is 164 Å². The molecule has 0 spiro atoms. The van der Waals surface area contributed by atoms with Crippen LogP contribution in [-0.4, -0.2) is 39.4 Å². The average molecular weight is 373 g/mol.